The number of fused-ring (bicyclic) bond motifs is 1. The van der Waals surface area contributed by atoms with Gasteiger partial charge in [-0.1, -0.05) is 29.8 Å². The summed E-state index contributed by atoms with van der Waals surface area (Å²) in [7, 11) is 0. The van der Waals surface area contributed by atoms with E-state index < -0.39 is 17.9 Å². The van der Waals surface area contributed by atoms with Crippen LogP contribution in [0.4, 0.5) is 0 Å². The summed E-state index contributed by atoms with van der Waals surface area (Å²) < 4.78 is 6.33. The molecular formula is C15H16BrNO4. The maximum Gasteiger partial charge on any atom is 0.326 e. The average molecular weight is 354 g/mol. The minimum atomic E-state index is -1.05. The molecule has 6 heteroatoms. The molecule has 1 atom stereocenters. The lowest BCUT2D eigenvalue weighted by molar-refractivity contribution is -0.139. The van der Waals surface area contributed by atoms with E-state index in [0.717, 1.165) is 9.86 Å². The summed E-state index contributed by atoms with van der Waals surface area (Å²) in [5.74, 6) is -1.29. The predicted octanol–water partition coefficient (Wildman–Crippen LogP) is 3.42. The van der Waals surface area contributed by atoms with E-state index in [2.05, 4.69) is 21.2 Å². The fourth-order valence-electron chi connectivity index (χ4n) is 2.05. The SMILES string of the molecule is CC(C)C[C@H](NC(=O)c1cc2cc(Br)ccc2o1)C(=O)O. The van der Waals surface area contributed by atoms with E-state index in [1.165, 1.54) is 0 Å². The van der Waals surface area contributed by atoms with Crippen LogP contribution in [0.25, 0.3) is 11.0 Å². The molecule has 5 nitrogen and oxygen atoms in total. The van der Waals surface area contributed by atoms with Crippen molar-refractivity contribution in [3.8, 4) is 0 Å². The number of carboxylic acid groups (broad SMARTS) is 1. The van der Waals surface area contributed by atoms with Gasteiger partial charge in [-0.3, -0.25) is 4.79 Å². The highest BCUT2D eigenvalue weighted by Crippen LogP contribution is 2.23. The molecule has 0 aliphatic heterocycles. The first-order valence-electron chi connectivity index (χ1n) is 6.59. The molecule has 0 fully saturated rings. The number of amides is 1. The molecule has 2 aromatic rings. The lowest BCUT2D eigenvalue weighted by Crippen LogP contribution is -2.41. The van der Waals surface area contributed by atoms with Gasteiger partial charge >= 0.3 is 5.97 Å². The number of carbonyl (C=O) groups excluding carboxylic acids is 1. The van der Waals surface area contributed by atoms with Crippen molar-refractivity contribution in [3.63, 3.8) is 0 Å². The van der Waals surface area contributed by atoms with E-state index in [-0.39, 0.29) is 11.7 Å². The number of hydrogen-bond acceptors (Lipinski definition) is 3. The normalized spacial score (nSPS) is 12.6. The van der Waals surface area contributed by atoms with Gasteiger partial charge in [0.25, 0.3) is 5.91 Å². The van der Waals surface area contributed by atoms with Crippen molar-refractivity contribution >= 4 is 38.8 Å². The predicted molar refractivity (Wildman–Crippen MR) is 82.3 cm³/mol. The zero-order valence-electron chi connectivity index (χ0n) is 11.7. The number of benzene rings is 1. The van der Waals surface area contributed by atoms with E-state index in [9.17, 15) is 9.59 Å². The maximum absolute atomic E-state index is 12.1. The van der Waals surface area contributed by atoms with Gasteiger partial charge in [0.1, 0.15) is 11.6 Å². The highest BCUT2D eigenvalue weighted by Gasteiger charge is 2.23. The molecule has 0 aliphatic rings. The Bertz CT molecular complexity index is 677. The summed E-state index contributed by atoms with van der Waals surface area (Å²) in [6.45, 7) is 3.81. The van der Waals surface area contributed by atoms with Crippen molar-refractivity contribution in [2.45, 2.75) is 26.3 Å². The topological polar surface area (TPSA) is 79.5 Å². The van der Waals surface area contributed by atoms with Crippen LogP contribution in [-0.4, -0.2) is 23.0 Å². The molecule has 0 bridgehead atoms. The fourth-order valence-corrected chi connectivity index (χ4v) is 2.43. The molecule has 0 saturated carbocycles. The number of furan rings is 1. The number of carboxylic acids is 1. The lowest BCUT2D eigenvalue weighted by Gasteiger charge is -2.15. The summed E-state index contributed by atoms with van der Waals surface area (Å²) in [4.78, 5) is 23.3. The molecule has 21 heavy (non-hydrogen) atoms. The Hall–Kier alpha value is -1.82. The van der Waals surface area contributed by atoms with Gasteiger partial charge in [0, 0.05) is 9.86 Å². The quantitative estimate of drug-likeness (QED) is 0.862. The van der Waals surface area contributed by atoms with Crippen LogP contribution in [0.1, 0.15) is 30.8 Å². The molecule has 0 radical (unpaired) electrons. The van der Waals surface area contributed by atoms with Crippen molar-refractivity contribution in [1.29, 1.82) is 0 Å². The zero-order valence-corrected chi connectivity index (χ0v) is 13.3. The van der Waals surface area contributed by atoms with Gasteiger partial charge in [-0.2, -0.15) is 0 Å². The molecule has 112 valence electrons. The van der Waals surface area contributed by atoms with Gasteiger partial charge in [0.15, 0.2) is 5.76 Å². The average Bonchev–Trinajstić information content (AvgIpc) is 2.80. The molecule has 1 aromatic heterocycles. The highest BCUT2D eigenvalue weighted by molar-refractivity contribution is 9.10. The van der Waals surface area contributed by atoms with Gasteiger partial charge in [-0.25, -0.2) is 4.79 Å². The van der Waals surface area contributed by atoms with E-state index in [1.807, 2.05) is 26.0 Å². The number of aliphatic carboxylic acids is 1. The summed E-state index contributed by atoms with van der Waals surface area (Å²) in [6, 6.07) is 6.07. The van der Waals surface area contributed by atoms with Gasteiger partial charge < -0.3 is 14.8 Å². The maximum atomic E-state index is 12.1. The Labute approximate surface area is 130 Å². The summed E-state index contributed by atoms with van der Waals surface area (Å²) in [6.07, 6.45) is 0.368. The second-order valence-electron chi connectivity index (χ2n) is 5.29. The van der Waals surface area contributed by atoms with Crippen LogP contribution in [0.5, 0.6) is 0 Å². The number of rotatable bonds is 5. The van der Waals surface area contributed by atoms with Crippen LogP contribution >= 0.6 is 15.9 Å². The van der Waals surface area contributed by atoms with Gasteiger partial charge in [0.2, 0.25) is 0 Å². The molecular weight excluding hydrogens is 338 g/mol. The third-order valence-electron chi connectivity index (χ3n) is 3.01. The Morgan fingerprint density at radius 3 is 2.67 bits per heavy atom. The largest absolute Gasteiger partial charge is 0.480 e. The zero-order chi connectivity index (χ0) is 15.6. The molecule has 2 N–H and O–H groups in total. The standard InChI is InChI=1S/C15H16BrNO4/c1-8(2)5-11(15(19)20)17-14(18)13-7-9-6-10(16)3-4-12(9)21-13/h3-4,6-8,11H,5H2,1-2H3,(H,17,18)(H,19,20)/t11-/m0/s1. The minimum Gasteiger partial charge on any atom is -0.480 e. The molecule has 2 rings (SSSR count). The van der Waals surface area contributed by atoms with Crippen molar-refractivity contribution < 1.29 is 19.1 Å². The molecule has 1 heterocycles. The smallest absolute Gasteiger partial charge is 0.326 e. The molecule has 1 amide bonds. The lowest BCUT2D eigenvalue weighted by atomic mass is 10.0. The Morgan fingerprint density at radius 1 is 1.33 bits per heavy atom. The minimum absolute atomic E-state index is 0.109. The van der Waals surface area contributed by atoms with Crippen molar-refractivity contribution in [2.24, 2.45) is 5.92 Å². The Balaban J connectivity index is 2.19. The first-order chi connectivity index (χ1) is 9.86. The second-order valence-corrected chi connectivity index (χ2v) is 6.20. The number of halogens is 1. The highest BCUT2D eigenvalue weighted by atomic mass is 79.9. The van der Waals surface area contributed by atoms with Crippen LogP contribution in [0.2, 0.25) is 0 Å². The molecule has 0 saturated heterocycles. The molecule has 0 aliphatic carbocycles. The van der Waals surface area contributed by atoms with Crippen LogP contribution in [0, 0.1) is 5.92 Å². The van der Waals surface area contributed by atoms with Crippen LogP contribution in [-0.2, 0) is 4.79 Å². The summed E-state index contributed by atoms with van der Waals surface area (Å²) >= 11 is 3.35. The second kappa shape index (κ2) is 6.30. The number of nitrogens with one attached hydrogen (secondary N) is 1. The summed E-state index contributed by atoms with van der Waals surface area (Å²) in [5.41, 5.74) is 0.582. The molecule has 1 aromatic carbocycles. The van der Waals surface area contributed by atoms with Gasteiger partial charge in [0.05, 0.1) is 0 Å². The van der Waals surface area contributed by atoms with Gasteiger partial charge in [-0.15, -0.1) is 0 Å². The molecule has 0 unspecified atom stereocenters. The summed E-state index contributed by atoms with van der Waals surface area (Å²) in [5, 5.41) is 12.4. The van der Waals surface area contributed by atoms with E-state index in [1.54, 1.807) is 12.1 Å². The third-order valence-corrected chi connectivity index (χ3v) is 3.51. The van der Waals surface area contributed by atoms with Crippen molar-refractivity contribution in [2.75, 3.05) is 0 Å². The monoisotopic (exact) mass is 353 g/mol. The van der Waals surface area contributed by atoms with Crippen LogP contribution in [0.3, 0.4) is 0 Å². The number of carbonyl (C=O) groups is 2. The first kappa shape index (κ1) is 15.6. The molecule has 0 spiro atoms. The fraction of sp³-hybridized carbons (Fsp3) is 0.333. The Morgan fingerprint density at radius 2 is 2.05 bits per heavy atom. The third kappa shape index (κ3) is 3.85. The van der Waals surface area contributed by atoms with Crippen molar-refractivity contribution in [3.05, 3.63) is 34.5 Å². The van der Waals surface area contributed by atoms with Crippen LogP contribution in [0.15, 0.2) is 33.2 Å². The van der Waals surface area contributed by atoms with Gasteiger partial charge in [-0.05, 0) is 36.6 Å². The van der Waals surface area contributed by atoms with Crippen molar-refractivity contribution in [1.82, 2.24) is 5.32 Å². The Kier molecular flexibility index (Phi) is 4.67. The van der Waals surface area contributed by atoms with E-state index >= 15 is 0 Å². The van der Waals surface area contributed by atoms with E-state index in [4.69, 9.17) is 9.52 Å². The first-order valence-corrected chi connectivity index (χ1v) is 7.39. The van der Waals surface area contributed by atoms with Crippen LogP contribution < -0.4 is 5.32 Å². The number of hydrogen-bond donors (Lipinski definition) is 2. The van der Waals surface area contributed by atoms with E-state index in [0.29, 0.717) is 12.0 Å².